The molecule has 0 aliphatic heterocycles. The molecular weight excluding hydrogens is 520 g/mol. The molecule has 0 saturated carbocycles. The third-order valence-corrected chi connectivity index (χ3v) is 5.90. The van der Waals surface area contributed by atoms with Gasteiger partial charge in [-0.25, -0.2) is 37.2 Å². The van der Waals surface area contributed by atoms with E-state index in [-0.39, 0.29) is 0 Å². The summed E-state index contributed by atoms with van der Waals surface area (Å²) >= 11 is 0. The molecule has 0 bridgehead atoms. The number of sulfonamides is 2. The van der Waals surface area contributed by atoms with Crippen LogP contribution in [-0.4, -0.2) is 40.0 Å². The molecule has 0 saturated heterocycles. The van der Waals surface area contributed by atoms with Gasteiger partial charge in [-0.1, -0.05) is 64.8 Å². The van der Waals surface area contributed by atoms with Crippen LogP contribution in [0.15, 0.2) is 60.7 Å². The Labute approximate surface area is 189 Å². The van der Waals surface area contributed by atoms with Gasteiger partial charge in [-0.2, -0.15) is 26.3 Å². The van der Waals surface area contributed by atoms with E-state index in [0.717, 1.165) is 18.6 Å². The number of benzene rings is 2. The smallest absolute Gasteiger partial charge is 0.222 e. The molecule has 0 spiro atoms. The summed E-state index contributed by atoms with van der Waals surface area (Å²) in [4.78, 5) is 16.7. The molecule has 2 aromatic carbocycles. The van der Waals surface area contributed by atoms with Crippen LogP contribution in [0.25, 0.3) is 0 Å². The molecule has 0 atom stereocenters. The fourth-order valence-electron chi connectivity index (χ4n) is 1.67. The molecule has 2 aromatic rings. The molecule has 0 fully saturated rings. The minimum atomic E-state index is -6.60. The Morgan fingerprint density at radius 2 is 0.882 bits per heavy atom. The lowest BCUT2D eigenvalue weighted by atomic mass is 10.1. The molecule has 0 aliphatic carbocycles. The number of hydrogen-bond acceptors (Lipinski definition) is 8. The second-order valence-corrected chi connectivity index (χ2v) is 8.94. The molecule has 3 N–H and O–H groups in total. The van der Waals surface area contributed by atoms with E-state index in [9.17, 15) is 43.2 Å². The van der Waals surface area contributed by atoms with Gasteiger partial charge < -0.3 is 0 Å². The fourth-order valence-corrected chi connectivity index (χ4v) is 3.58. The second kappa shape index (κ2) is 14.7. The highest BCUT2D eigenvalue weighted by Crippen LogP contribution is 2.27. The third-order valence-electron chi connectivity index (χ3n) is 2.92. The van der Waals surface area contributed by atoms with E-state index in [0.29, 0.717) is 0 Å². The number of alkyl halides is 6. The number of hydrogen-bond donors (Lipinski definition) is 3. The van der Waals surface area contributed by atoms with Crippen molar-refractivity contribution < 1.29 is 52.8 Å². The molecule has 0 aliphatic rings. The van der Waals surface area contributed by atoms with Gasteiger partial charge in [0.25, 0.3) is 0 Å². The first-order valence-corrected chi connectivity index (χ1v) is 11.0. The lowest BCUT2D eigenvalue weighted by Crippen LogP contribution is -2.45. The van der Waals surface area contributed by atoms with Crippen LogP contribution >= 0.6 is 0 Å². The van der Waals surface area contributed by atoms with E-state index in [1.54, 1.807) is 0 Å². The molecular formula is C17H15F6N3O6S2. The third kappa shape index (κ3) is 13.2. The molecule has 0 aromatic heterocycles. The Kier molecular flexibility index (Phi) is 14.2. The van der Waals surface area contributed by atoms with Crippen molar-refractivity contribution in [3.63, 3.8) is 0 Å². The van der Waals surface area contributed by atoms with Gasteiger partial charge in [0.15, 0.2) is 0 Å². The summed E-state index contributed by atoms with van der Waals surface area (Å²) < 4.78 is 108. The average molecular weight is 535 g/mol. The lowest BCUT2D eigenvalue weighted by molar-refractivity contribution is -0.0476. The Morgan fingerprint density at radius 3 is 1.09 bits per heavy atom. The predicted molar refractivity (Wildman–Crippen MR) is 106 cm³/mol. The maximum absolute atomic E-state index is 11.5. The predicted octanol–water partition coefficient (Wildman–Crippen LogP) is 3.35. The summed E-state index contributed by atoms with van der Waals surface area (Å²) in [7, 11) is -13.2. The number of carbonyl (C=O) groups excluding carboxylic acids is 2. The van der Waals surface area contributed by atoms with E-state index in [2.05, 4.69) is 60.7 Å². The van der Waals surface area contributed by atoms with Crippen molar-refractivity contribution in [1.29, 1.82) is 10.8 Å². The quantitative estimate of drug-likeness (QED) is 0.309. The second-order valence-electron chi connectivity index (χ2n) is 5.33. The number of nitrogens with one attached hydrogen (secondary N) is 3. The van der Waals surface area contributed by atoms with Gasteiger partial charge in [0, 0.05) is 0 Å². The Hall–Kier alpha value is -3.36. The molecule has 0 amide bonds. The highest BCUT2D eigenvalue weighted by atomic mass is 32.3. The minimum absolute atomic E-state index is 0.493. The first-order chi connectivity index (χ1) is 15.5. The lowest BCUT2D eigenvalue weighted by Gasteiger charge is -2.11. The van der Waals surface area contributed by atoms with Crippen LogP contribution in [0.4, 0.5) is 26.3 Å². The Bertz CT molecular complexity index is 1050. The number of rotatable bonds is 4. The van der Waals surface area contributed by atoms with E-state index in [1.807, 2.05) is 0 Å². The van der Waals surface area contributed by atoms with Gasteiger partial charge in [0.1, 0.15) is 0 Å². The molecule has 0 heterocycles. The van der Waals surface area contributed by atoms with E-state index >= 15 is 0 Å². The van der Waals surface area contributed by atoms with Crippen LogP contribution in [-0.2, 0) is 36.1 Å². The van der Waals surface area contributed by atoms with Gasteiger partial charge in [0.2, 0.25) is 12.2 Å². The number of halogens is 6. The average Bonchev–Trinajstić information content (AvgIpc) is 2.69. The van der Waals surface area contributed by atoms with Gasteiger partial charge in [-0.15, -0.1) is 0 Å². The molecule has 2 rings (SSSR count). The standard InChI is InChI=1S/C13H12.C2HF6NO4S2.2CHNO/c1-3-7-12(8-4-1)11-13-9-5-2-6-10-13;3-1(4,5)14(10,11)9-15(12,13)2(6,7)8;2*2-1-3/h1-10H,11H2;9H;2*2H. The molecule has 188 valence electrons. The monoisotopic (exact) mass is 535 g/mol. The van der Waals surface area contributed by atoms with Crippen LogP contribution in [0, 0.1) is 10.8 Å². The summed E-state index contributed by atoms with van der Waals surface area (Å²) in [6.07, 6.45) is 2.53. The van der Waals surface area contributed by atoms with Crippen molar-refractivity contribution in [3.8, 4) is 0 Å². The summed E-state index contributed by atoms with van der Waals surface area (Å²) in [5.74, 6) is 0. The molecule has 17 heteroatoms. The maximum Gasteiger partial charge on any atom is 0.512 e. The molecule has 34 heavy (non-hydrogen) atoms. The Balaban J connectivity index is 0. The topological polar surface area (TPSA) is 162 Å². The zero-order chi connectivity index (χ0) is 27.1. The van der Waals surface area contributed by atoms with Crippen molar-refractivity contribution in [3.05, 3.63) is 71.8 Å². The fraction of sp³-hybridized carbons (Fsp3) is 0.176. The van der Waals surface area contributed by atoms with Crippen LogP contribution in [0.1, 0.15) is 11.1 Å². The SMILES string of the molecule is N=C=O.N=C=O.O=S(=O)(NS(=O)(=O)C(F)(F)F)C(F)(F)F.c1ccc(Cc2ccccc2)cc1. The van der Waals surface area contributed by atoms with E-state index in [1.165, 1.54) is 11.1 Å². The van der Waals surface area contributed by atoms with Crippen molar-refractivity contribution in [2.45, 2.75) is 17.4 Å². The van der Waals surface area contributed by atoms with Crippen LogP contribution in [0.2, 0.25) is 0 Å². The van der Waals surface area contributed by atoms with Gasteiger partial charge in [-0.3, -0.25) is 0 Å². The maximum atomic E-state index is 11.5. The summed E-state index contributed by atoms with van der Waals surface area (Å²) in [5.41, 5.74) is -9.56. The van der Waals surface area contributed by atoms with Crippen molar-refractivity contribution in [2.75, 3.05) is 0 Å². The zero-order valence-electron chi connectivity index (χ0n) is 16.5. The molecule has 0 radical (unpaired) electrons. The van der Waals surface area contributed by atoms with Crippen LogP contribution < -0.4 is 4.13 Å². The normalized spacial score (nSPS) is 11.0. The summed E-state index contributed by atoms with van der Waals surface area (Å²) in [5, 5.41) is 10.8. The first-order valence-electron chi connectivity index (χ1n) is 8.05. The zero-order valence-corrected chi connectivity index (χ0v) is 18.1. The highest BCUT2D eigenvalue weighted by Gasteiger charge is 2.55. The van der Waals surface area contributed by atoms with Gasteiger partial charge in [0.05, 0.1) is 0 Å². The van der Waals surface area contributed by atoms with Crippen LogP contribution in [0.5, 0.6) is 0 Å². The van der Waals surface area contributed by atoms with Crippen LogP contribution in [0.3, 0.4) is 0 Å². The van der Waals surface area contributed by atoms with Crippen molar-refractivity contribution in [1.82, 2.24) is 4.13 Å². The van der Waals surface area contributed by atoms with Gasteiger partial charge in [-0.05, 0) is 17.5 Å². The van der Waals surface area contributed by atoms with Crippen molar-refractivity contribution in [2.24, 2.45) is 0 Å². The summed E-state index contributed by atoms with van der Waals surface area (Å²) in [6.45, 7) is 0. The summed E-state index contributed by atoms with van der Waals surface area (Å²) in [6, 6.07) is 21.1. The van der Waals surface area contributed by atoms with Crippen molar-refractivity contribution >= 4 is 32.2 Å². The Morgan fingerprint density at radius 1 is 0.647 bits per heavy atom. The highest BCUT2D eigenvalue weighted by molar-refractivity contribution is 8.05. The largest absolute Gasteiger partial charge is 0.512 e. The molecule has 9 nitrogen and oxygen atoms in total. The first kappa shape index (κ1) is 32.8. The number of isocyanates is 2. The molecule has 0 unspecified atom stereocenters. The minimum Gasteiger partial charge on any atom is -0.222 e. The van der Waals surface area contributed by atoms with E-state index in [4.69, 9.17) is 20.4 Å². The van der Waals surface area contributed by atoms with E-state index < -0.39 is 35.2 Å². The van der Waals surface area contributed by atoms with Gasteiger partial charge >= 0.3 is 31.1 Å².